The van der Waals surface area contributed by atoms with Gasteiger partial charge in [0.1, 0.15) is 11.7 Å². The molecule has 0 atom stereocenters. The quantitative estimate of drug-likeness (QED) is 0.527. The summed E-state index contributed by atoms with van der Waals surface area (Å²) in [4.78, 5) is 20.7. The number of carbonyl (C=O) groups is 1. The van der Waals surface area contributed by atoms with E-state index in [-0.39, 0.29) is 19.3 Å². The van der Waals surface area contributed by atoms with Crippen LogP contribution >= 0.6 is 0 Å². The van der Waals surface area contributed by atoms with Crippen LogP contribution in [-0.2, 0) is 11.3 Å². The minimum atomic E-state index is -0.269. The molecule has 0 bridgehead atoms. The largest absolute Gasteiger partial charge is 0.467 e. The number of nitrogens with zero attached hydrogens (tertiary/aromatic N) is 4. The van der Waals surface area contributed by atoms with E-state index >= 15 is 0 Å². The zero-order chi connectivity index (χ0) is 20.3. The molecule has 0 spiro atoms. The van der Waals surface area contributed by atoms with Crippen LogP contribution in [0, 0.1) is 0 Å². The molecular formula is C21H17N5O4. The van der Waals surface area contributed by atoms with E-state index in [4.69, 9.17) is 14.2 Å². The minimum Gasteiger partial charge on any atom is -0.467 e. The zero-order valence-electron chi connectivity index (χ0n) is 15.8. The van der Waals surface area contributed by atoms with Gasteiger partial charge in [-0.05, 0) is 29.8 Å². The van der Waals surface area contributed by atoms with Gasteiger partial charge in [-0.15, -0.1) is 0 Å². The number of amides is 1. The van der Waals surface area contributed by atoms with E-state index in [0.29, 0.717) is 35.0 Å². The van der Waals surface area contributed by atoms with Crippen molar-refractivity contribution in [2.75, 3.05) is 13.4 Å². The second-order valence-electron chi connectivity index (χ2n) is 6.56. The normalized spacial score (nSPS) is 12.1. The van der Waals surface area contributed by atoms with E-state index in [1.165, 1.54) is 6.33 Å². The summed E-state index contributed by atoms with van der Waals surface area (Å²) in [5.74, 6) is 1.42. The topological polar surface area (TPSA) is 100 Å². The molecule has 1 N–H and O–H groups in total. The number of rotatable bonds is 6. The van der Waals surface area contributed by atoms with Crippen molar-refractivity contribution in [2.45, 2.75) is 6.54 Å². The lowest BCUT2D eigenvalue weighted by atomic mass is 10.2. The first kappa shape index (κ1) is 17.9. The van der Waals surface area contributed by atoms with Gasteiger partial charge in [-0.3, -0.25) is 4.79 Å². The molecule has 0 unspecified atom stereocenters. The summed E-state index contributed by atoms with van der Waals surface area (Å²) in [6, 6.07) is 15.2. The van der Waals surface area contributed by atoms with Gasteiger partial charge < -0.3 is 19.5 Å². The lowest BCUT2D eigenvalue weighted by molar-refractivity contribution is -0.123. The Morgan fingerprint density at radius 2 is 1.97 bits per heavy atom. The van der Waals surface area contributed by atoms with Gasteiger partial charge >= 0.3 is 0 Å². The van der Waals surface area contributed by atoms with Crippen molar-refractivity contribution in [2.24, 2.45) is 0 Å². The van der Waals surface area contributed by atoms with Crippen LogP contribution in [0.4, 0.5) is 0 Å². The summed E-state index contributed by atoms with van der Waals surface area (Å²) < 4.78 is 18.0. The monoisotopic (exact) mass is 403 g/mol. The average Bonchev–Trinajstić information content (AvgIpc) is 3.43. The summed E-state index contributed by atoms with van der Waals surface area (Å²) >= 11 is 0. The Bertz CT molecular complexity index is 1210. The molecule has 9 nitrogen and oxygen atoms in total. The smallest absolute Gasteiger partial charge is 0.258 e. The van der Waals surface area contributed by atoms with E-state index in [9.17, 15) is 4.79 Å². The molecule has 0 radical (unpaired) electrons. The highest BCUT2D eigenvalue weighted by molar-refractivity contribution is 5.82. The van der Waals surface area contributed by atoms with Crippen molar-refractivity contribution in [3.05, 3.63) is 66.6 Å². The molecule has 1 amide bonds. The Morgan fingerprint density at radius 3 is 2.87 bits per heavy atom. The molecule has 0 aliphatic carbocycles. The minimum absolute atomic E-state index is 0.173. The Morgan fingerprint density at radius 1 is 1.10 bits per heavy atom. The molecule has 1 aliphatic rings. The average molecular weight is 403 g/mol. The highest BCUT2D eigenvalue weighted by Gasteiger charge is 2.15. The maximum Gasteiger partial charge on any atom is 0.258 e. The van der Waals surface area contributed by atoms with Gasteiger partial charge in [0.25, 0.3) is 5.91 Å². The van der Waals surface area contributed by atoms with Gasteiger partial charge in [-0.1, -0.05) is 24.3 Å². The molecule has 2 aromatic heterocycles. The SMILES string of the molecule is O=C(COc1ncnc2c1cnn2-c1ccccc1)NCc1ccc2c(c1)OCO2. The molecule has 4 aromatic rings. The molecular weight excluding hydrogens is 386 g/mol. The summed E-state index contributed by atoms with van der Waals surface area (Å²) in [7, 11) is 0. The van der Waals surface area contributed by atoms with Crippen molar-refractivity contribution in [3.8, 4) is 23.1 Å². The number of fused-ring (bicyclic) bond motifs is 2. The third-order valence-corrected chi connectivity index (χ3v) is 4.60. The highest BCUT2D eigenvalue weighted by Crippen LogP contribution is 2.32. The third-order valence-electron chi connectivity index (χ3n) is 4.60. The summed E-state index contributed by atoms with van der Waals surface area (Å²) in [6.45, 7) is 0.393. The predicted molar refractivity (Wildman–Crippen MR) is 107 cm³/mol. The maximum absolute atomic E-state index is 12.2. The first-order chi connectivity index (χ1) is 14.8. The summed E-state index contributed by atoms with van der Waals surface area (Å²) in [6.07, 6.45) is 3.02. The number of aromatic nitrogens is 4. The number of hydrogen-bond acceptors (Lipinski definition) is 7. The third kappa shape index (κ3) is 3.48. The van der Waals surface area contributed by atoms with E-state index in [0.717, 1.165) is 11.3 Å². The van der Waals surface area contributed by atoms with Gasteiger partial charge in [0.05, 0.1) is 11.9 Å². The van der Waals surface area contributed by atoms with Crippen LogP contribution in [0.2, 0.25) is 0 Å². The maximum atomic E-state index is 12.2. The standard InChI is InChI=1S/C21H17N5O4/c27-19(22-9-14-6-7-17-18(8-14)30-13-29-17)11-28-21-16-10-25-26(20(16)23-12-24-21)15-4-2-1-3-5-15/h1-8,10,12H,9,11,13H2,(H,22,27). The van der Waals surface area contributed by atoms with E-state index < -0.39 is 0 Å². The fraction of sp³-hybridized carbons (Fsp3) is 0.143. The predicted octanol–water partition coefficient (Wildman–Crippen LogP) is 2.24. The Labute approximate surface area is 171 Å². The van der Waals surface area contributed by atoms with Crippen molar-refractivity contribution in [1.82, 2.24) is 25.1 Å². The number of para-hydroxylation sites is 1. The molecule has 2 aromatic carbocycles. The van der Waals surface area contributed by atoms with Gasteiger partial charge in [0, 0.05) is 6.54 Å². The Kier molecular flexibility index (Phi) is 4.60. The number of ether oxygens (including phenoxy) is 3. The van der Waals surface area contributed by atoms with Crippen LogP contribution in [0.25, 0.3) is 16.7 Å². The van der Waals surface area contributed by atoms with Crippen LogP contribution in [0.3, 0.4) is 0 Å². The fourth-order valence-electron chi connectivity index (χ4n) is 3.13. The van der Waals surface area contributed by atoms with Crippen molar-refractivity contribution >= 4 is 16.9 Å². The molecule has 3 heterocycles. The second-order valence-corrected chi connectivity index (χ2v) is 6.56. The molecule has 9 heteroatoms. The second kappa shape index (κ2) is 7.70. The molecule has 0 saturated carbocycles. The molecule has 150 valence electrons. The zero-order valence-corrected chi connectivity index (χ0v) is 15.8. The number of carbonyl (C=O) groups excluding carboxylic acids is 1. The van der Waals surface area contributed by atoms with Gasteiger partial charge in [0.15, 0.2) is 23.8 Å². The lowest BCUT2D eigenvalue weighted by Gasteiger charge is -2.08. The summed E-state index contributed by atoms with van der Waals surface area (Å²) in [5.41, 5.74) is 2.38. The first-order valence-corrected chi connectivity index (χ1v) is 9.30. The van der Waals surface area contributed by atoms with E-state index in [1.807, 2.05) is 48.5 Å². The van der Waals surface area contributed by atoms with E-state index in [2.05, 4.69) is 20.4 Å². The van der Waals surface area contributed by atoms with Gasteiger partial charge in [-0.25, -0.2) is 14.6 Å². The summed E-state index contributed by atoms with van der Waals surface area (Å²) in [5, 5.41) is 7.81. The van der Waals surface area contributed by atoms with Gasteiger partial charge in [-0.2, -0.15) is 5.10 Å². The fourth-order valence-corrected chi connectivity index (χ4v) is 3.13. The van der Waals surface area contributed by atoms with Crippen LogP contribution in [0.1, 0.15) is 5.56 Å². The van der Waals surface area contributed by atoms with Crippen molar-refractivity contribution in [1.29, 1.82) is 0 Å². The first-order valence-electron chi connectivity index (χ1n) is 9.30. The number of benzene rings is 2. The van der Waals surface area contributed by atoms with E-state index in [1.54, 1.807) is 10.9 Å². The van der Waals surface area contributed by atoms with Crippen LogP contribution in [0.15, 0.2) is 61.1 Å². The number of hydrogen-bond donors (Lipinski definition) is 1. The van der Waals surface area contributed by atoms with Crippen molar-refractivity contribution < 1.29 is 19.0 Å². The Balaban J connectivity index is 1.24. The molecule has 1 aliphatic heterocycles. The highest BCUT2D eigenvalue weighted by atomic mass is 16.7. The van der Waals surface area contributed by atoms with Gasteiger partial charge in [0.2, 0.25) is 12.7 Å². The Hall–Kier alpha value is -4.14. The lowest BCUT2D eigenvalue weighted by Crippen LogP contribution is -2.28. The molecule has 0 saturated heterocycles. The molecule has 0 fully saturated rings. The van der Waals surface area contributed by atoms with Crippen LogP contribution in [0.5, 0.6) is 17.4 Å². The van der Waals surface area contributed by atoms with Crippen molar-refractivity contribution in [3.63, 3.8) is 0 Å². The van der Waals surface area contributed by atoms with Crippen LogP contribution in [-0.4, -0.2) is 39.1 Å². The van der Waals surface area contributed by atoms with Crippen LogP contribution < -0.4 is 19.5 Å². The molecule has 5 rings (SSSR count). The molecule has 30 heavy (non-hydrogen) atoms. The number of nitrogens with one attached hydrogen (secondary N) is 1.